The zero-order valence-corrected chi connectivity index (χ0v) is 30.4. The van der Waals surface area contributed by atoms with Gasteiger partial charge in [-0.1, -0.05) is 152 Å². The van der Waals surface area contributed by atoms with Crippen molar-refractivity contribution in [2.75, 3.05) is 0 Å². The highest BCUT2D eigenvalue weighted by molar-refractivity contribution is 5.79. The molecule has 0 spiro atoms. The van der Waals surface area contributed by atoms with Crippen LogP contribution in [0.25, 0.3) is 78.9 Å². The molecule has 2 aromatic heterocycles. The van der Waals surface area contributed by atoms with Crippen LogP contribution >= 0.6 is 0 Å². The second-order valence-electron chi connectivity index (χ2n) is 15.6. The summed E-state index contributed by atoms with van der Waals surface area (Å²) in [7, 11) is 0. The van der Waals surface area contributed by atoms with E-state index in [1.54, 1.807) is 0 Å². The van der Waals surface area contributed by atoms with E-state index in [-0.39, 0.29) is 0 Å². The van der Waals surface area contributed by atoms with Gasteiger partial charge in [0, 0.05) is 33.4 Å². The van der Waals surface area contributed by atoms with Crippen molar-refractivity contribution in [1.29, 1.82) is 0 Å². The Morgan fingerprint density at radius 1 is 0.345 bits per heavy atom. The fraction of sp³-hybridized carbons (Fsp3) is 0.137. The van der Waals surface area contributed by atoms with Crippen molar-refractivity contribution in [1.82, 2.24) is 19.9 Å². The molecule has 262 valence electrons. The van der Waals surface area contributed by atoms with Gasteiger partial charge in [-0.05, 0) is 83.4 Å². The molecule has 3 aliphatic carbocycles. The molecule has 3 saturated carbocycles. The molecule has 0 bridgehead atoms. The molecule has 8 aromatic rings. The van der Waals surface area contributed by atoms with Gasteiger partial charge in [0.25, 0.3) is 0 Å². The first-order valence-electron chi connectivity index (χ1n) is 19.4. The monoisotopic (exact) mass is 706 g/mol. The standard InChI is InChI=1S/C51H38N4/c1-4-12-33(13-5-1)37-18-10-19-38(26-37)46-30-47(54-49(53-46)35-16-8-3-9-17-35)40-21-11-20-39(27-40)45-29-44(34-14-6-2-7-15-34)52-50(55-45)36-22-24-43(25-23-36)51-31-41-28-42(32-51)48(41)51/h1-27,29-30,41-42,48H,28,31-32H2. The van der Waals surface area contributed by atoms with E-state index in [4.69, 9.17) is 19.9 Å². The van der Waals surface area contributed by atoms with E-state index in [0.717, 1.165) is 85.3 Å². The number of hydrogen-bond acceptors (Lipinski definition) is 4. The SMILES string of the molecule is c1ccc(-c2cccc(-c3cc(-c4cccc(-c5cc(-c6ccccc6)nc(-c6ccc(C78CC9CC(C7)C98)cc6)n5)c4)nc(-c4ccccc4)n3)c2)cc1. The van der Waals surface area contributed by atoms with Crippen LogP contribution in [-0.2, 0) is 5.41 Å². The second kappa shape index (κ2) is 12.8. The maximum Gasteiger partial charge on any atom is 0.160 e. The summed E-state index contributed by atoms with van der Waals surface area (Å²) in [5, 5.41) is 0. The van der Waals surface area contributed by atoms with Gasteiger partial charge in [-0.15, -0.1) is 0 Å². The fourth-order valence-electron chi connectivity index (χ4n) is 9.81. The van der Waals surface area contributed by atoms with E-state index in [9.17, 15) is 0 Å². The van der Waals surface area contributed by atoms with Gasteiger partial charge in [0.1, 0.15) is 0 Å². The van der Waals surface area contributed by atoms with Crippen LogP contribution in [0.2, 0.25) is 0 Å². The zero-order chi connectivity index (χ0) is 36.3. The largest absolute Gasteiger partial charge is 0.228 e. The number of rotatable bonds is 8. The Balaban J connectivity index is 0.996. The van der Waals surface area contributed by atoms with E-state index in [0.29, 0.717) is 11.2 Å². The minimum atomic E-state index is 0.441. The summed E-state index contributed by atoms with van der Waals surface area (Å²) in [6.45, 7) is 0. The third-order valence-electron chi connectivity index (χ3n) is 12.5. The molecule has 55 heavy (non-hydrogen) atoms. The highest BCUT2D eigenvalue weighted by Gasteiger charge is 2.71. The molecule has 11 rings (SSSR count). The van der Waals surface area contributed by atoms with Crippen LogP contribution in [0.1, 0.15) is 24.8 Å². The summed E-state index contributed by atoms with van der Waals surface area (Å²) in [5.41, 5.74) is 13.9. The minimum absolute atomic E-state index is 0.441. The van der Waals surface area contributed by atoms with Crippen LogP contribution in [0.5, 0.6) is 0 Å². The molecule has 0 N–H and O–H groups in total. The van der Waals surface area contributed by atoms with Crippen molar-refractivity contribution < 1.29 is 0 Å². The highest BCUT2D eigenvalue weighted by Crippen LogP contribution is 2.77. The number of nitrogens with zero attached hydrogens (tertiary/aromatic N) is 4. The van der Waals surface area contributed by atoms with Crippen LogP contribution < -0.4 is 0 Å². The third-order valence-corrected chi connectivity index (χ3v) is 12.5. The predicted molar refractivity (Wildman–Crippen MR) is 222 cm³/mol. The predicted octanol–water partition coefficient (Wildman–Crippen LogP) is 12.2. The lowest BCUT2D eigenvalue weighted by Crippen LogP contribution is -2.71. The molecule has 2 heterocycles. The summed E-state index contributed by atoms with van der Waals surface area (Å²) >= 11 is 0. The van der Waals surface area contributed by atoms with Gasteiger partial charge in [-0.25, -0.2) is 19.9 Å². The summed E-state index contributed by atoms with van der Waals surface area (Å²) in [6.07, 6.45) is 4.20. The number of hydrogen-bond donors (Lipinski definition) is 0. The number of aromatic nitrogens is 4. The Hall–Kier alpha value is -6.52. The van der Waals surface area contributed by atoms with Crippen LogP contribution in [0.3, 0.4) is 0 Å². The Kier molecular flexibility index (Phi) is 7.44. The van der Waals surface area contributed by atoms with Gasteiger partial charge in [-0.2, -0.15) is 0 Å². The third kappa shape index (κ3) is 5.51. The first-order chi connectivity index (χ1) is 27.2. The quantitative estimate of drug-likeness (QED) is 0.158. The van der Waals surface area contributed by atoms with E-state index in [1.165, 1.54) is 30.4 Å². The molecule has 6 aromatic carbocycles. The topological polar surface area (TPSA) is 51.6 Å². The molecule has 0 aliphatic heterocycles. The average Bonchev–Trinajstić information content (AvgIpc) is 3.27. The van der Waals surface area contributed by atoms with E-state index >= 15 is 0 Å². The van der Waals surface area contributed by atoms with E-state index in [1.807, 2.05) is 30.3 Å². The summed E-state index contributed by atoms with van der Waals surface area (Å²) in [5.74, 6) is 4.32. The summed E-state index contributed by atoms with van der Waals surface area (Å²) < 4.78 is 0. The maximum absolute atomic E-state index is 5.23. The van der Waals surface area contributed by atoms with Gasteiger partial charge in [0.15, 0.2) is 11.6 Å². The molecule has 0 radical (unpaired) electrons. The van der Waals surface area contributed by atoms with Crippen LogP contribution in [-0.4, -0.2) is 19.9 Å². The van der Waals surface area contributed by atoms with Crippen molar-refractivity contribution in [3.05, 3.63) is 181 Å². The lowest BCUT2D eigenvalue weighted by Gasteiger charge is -2.76. The molecular weight excluding hydrogens is 669 g/mol. The van der Waals surface area contributed by atoms with E-state index < -0.39 is 0 Å². The fourth-order valence-corrected chi connectivity index (χ4v) is 9.81. The highest BCUT2D eigenvalue weighted by atomic mass is 14.9. The van der Waals surface area contributed by atoms with Gasteiger partial charge in [0.2, 0.25) is 0 Å². The summed E-state index contributed by atoms with van der Waals surface area (Å²) in [4.78, 5) is 20.7. The molecule has 3 fully saturated rings. The molecule has 3 aliphatic rings. The Morgan fingerprint density at radius 3 is 1.24 bits per heavy atom. The van der Waals surface area contributed by atoms with Gasteiger partial charge in [-0.3, -0.25) is 0 Å². The van der Waals surface area contributed by atoms with Gasteiger partial charge < -0.3 is 0 Å². The molecule has 4 heteroatoms. The van der Waals surface area contributed by atoms with E-state index in [2.05, 4.69) is 146 Å². The normalized spacial score (nSPS) is 20.4. The maximum atomic E-state index is 5.23. The summed E-state index contributed by atoms with van der Waals surface area (Å²) in [6, 6.07) is 61.7. The Labute approximate surface area is 321 Å². The van der Waals surface area contributed by atoms with Crippen molar-refractivity contribution in [3.8, 4) is 78.9 Å². The number of benzene rings is 6. The minimum Gasteiger partial charge on any atom is -0.228 e. The molecular formula is C51H38N4. The molecule has 2 unspecified atom stereocenters. The second-order valence-corrected chi connectivity index (χ2v) is 15.6. The van der Waals surface area contributed by atoms with Crippen molar-refractivity contribution in [3.63, 3.8) is 0 Å². The van der Waals surface area contributed by atoms with Crippen molar-refractivity contribution >= 4 is 0 Å². The Bertz CT molecular complexity index is 2680. The van der Waals surface area contributed by atoms with Crippen molar-refractivity contribution in [2.24, 2.45) is 17.8 Å². The molecule has 0 amide bonds. The average molecular weight is 707 g/mol. The smallest absolute Gasteiger partial charge is 0.160 e. The van der Waals surface area contributed by atoms with Crippen LogP contribution in [0, 0.1) is 17.8 Å². The molecule has 2 atom stereocenters. The van der Waals surface area contributed by atoms with Crippen LogP contribution in [0.15, 0.2) is 176 Å². The van der Waals surface area contributed by atoms with Gasteiger partial charge in [0.05, 0.1) is 22.8 Å². The Morgan fingerprint density at radius 2 is 0.745 bits per heavy atom. The van der Waals surface area contributed by atoms with Crippen LogP contribution in [0.4, 0.5) is 0 Å². The lowest BCUT2D eigenvalue weighted by molar-refractivity contribution is -0.219. The zero-order valence-electron chi connectivity index (χ0n) is 30.4. The van der Waals surface area contributed by atoms with Gasteiger partial charge >= 0.3 is 0 Å². The van der Waals surface area contributed by atoms with Crippen molar-refractivity contribution in [2.45, 2.75) is 24.7 Å². The lowest BCUT2D eigenvalue weighted by atomic mass is 9.28. The first-order valence-corrected chi connectivity index (χ1v) is 19.4. The molecule has 4 nitrogen and oxygen atoms in total. The first kappa shape index (κ1) is 32.0. The molecule has 0 saturated heterocycles.